The molecule has 3 unspecified atom stereocenters. The third-order valence-corrected chi connectivity index (χ3v) is 4.47. The molecule has 2 N–H and O–H groups in total. The van der Waals surface area contributed by atoms with Gasteiger partial charge in [-0.05, 0) is 26.2 Å². The number of aliphatic carboxylic acids is 1. The standard InChI is InChI=1S/C15H24N2O4/c1-10(9-17-8-4-7-13(17)18)16-14(19)11-5-2-3-6-12(11)15(20)21/h10-12H,2-9H2,1H3,(H,16,19)(H,20,21). The number of hydrogen-bond donors (Lipinski definition) is 2. The highest BCUT2D eigenvalue weighted by atomic mass is 16.4. The Balaban J connectivity index is 1.87. The van der Waals surface area contributed by atoms with E-state index in [0.717, 1.165) is 25.8 Å². The Morgan fingerprint density at radius 3 is 2.52 bits per heavy atom. The number of carbonyl (C=O) groups is 3. The second-order valence-corrected chi connectivity index (χ2v) is 6.19. The zero-order valence-electron chi connectivity index (χ0n) is 12.5. The van der Waals surface area contributed by atoms with Crippen LogP contribution in [0, 0.1) is 11.8 Å². The topological polar surface area (TPSA) is 86.7 Å². The Hall–Kier alpha value is -1.59. The molecule has 1 heterocycles. The summed E-state index contributed by atoms with van der Waals surface area (Å²) < 4.78 is 0. The van der Waals surface area contributed by atoms with Gasteiger partial charge in [0.1, 0.15) is 0 Å². The summed E-state index contributed by atoms with van der Waals surface area (Å²) in [5.74, 6) is -1.93. The van der Waals surface area contributed by atoms with Crippen LogP contribution in [0.25, 0.3) is 0 Å². The molecular formula is C15H24N2O4. The van der Waals surface area contributed by atoms with E-state index in [2.05, 4.69) is 5.32 Å². The van der Waals surface area contributed by atoms with Crippen LogP contribution in [0.15, 0.2) is 0 Å². The first-order chi connectivity index (χ1) is 9.99. The van der Waals surface area contributed by atoms with Gasteiger partial charge in [0, 0.05) is 25.6 Å². The number of rotatable bonds is 5. The summed E-state index contributed by atoms with van der Waals surface area (Å²) in [5, 5.41) is 12.1. The van der Waals surface area contributed by atoms with E-state index in [1.54, 1.807) is 4.90 Å². The average Bonchev–Trinajstić information content (AvgIpc) is 2.84. The average molecular weight is 296 g/mol. The van der Waals surface area contributed by atoms with Gasteiger partial charge in [0.25, 0.3) is 0 Å². The van der Waals surface area contributed by atoms with Crippen molar-refractivity contribution in [2.24, 2.45) is 11.8 Å². The summed E-state index contributed by atoms with van der Waals surface area (Å²) >= 11 is 0. The molecule has 21 heavy (non-hydrogen) atoms. The molecule has 0 radical (unpaired) electrons. The number of hydrogen-bond acceptors (Lipinski definition) is 3. The van der Waals surface area contributed by atoms with Gasteiger partial charge in [-0.1, -0.05) is 12.8 Å². The monoisotopic (exact) mass is 296 g/mol. The lowest BCUT2D eigenvalue weighted by atomic mass is 9.78. The molecule has 0 aromatic carbocycles. The van der Waals surface area contributed by atoms with Crippen LogP contribution in [0.2, 0.25) is 0 Å². The van der Waals surface area contributed by atoms with Gasteiger partial charge in [0.2, 0.25) is 11.8 Å². The number of nitrogens with zero attached hydrogens (tertiary/aromatic N) is 1. The van der Waals surface area contributed by atoms with Gasteiger partial charge in [0.05, 0.1) is 11.8 Å². The van der Waals surface area contributed by atoms with Crippen LogP contribution in [0.3, 0.4) is 0 Å². The summed E-state index contributed by atoms with van der Waals surface area (Å²) in [6.07, 6.45) is 4.46. The third-order valence-electron chi connectivity index (χ3n) is 4.47. The van der Waals surface area contributed by atoms with Crippen molar-refractivity contribution >= 4 is 17.8 Å². The molecule has 0 bridgehead atoms. The lowest BCUT2D eigenvalue weighted by Gasteiger charge is -2.29. The Bertz CT molecular complexity index is 424. The van der Waals surface area contributed by atoms with Crippen molar-refractivity contribution in [3.63, 3.8) is 0 Å². The second-order valence-electron chi connectivity index (χ2n) is 6.19. The molecule has 118 valence electrons. The Morgan fingerprint density at radius 2 is 1.95 bits per heavy atom. The second kappa shape index (κ2) is 6.91. The molecule has 0 aromatic heterocycles. The summed E-state index contributed by atoms with van der Waals surface area (Å²) in [5.41, 5.74) is 0. The number of amides is 2. The maximum atomic E-state index is 12.3. The molecule has 2 aliphatic rings. The van der Waals surface area contributed by atoms with Gasteiger partial charge in [-0.3, -0.25) is 14.4 Å². The van der Waals surface area contributed by atoms with Crippen LogP contribution in [0.4, 0.5) is 0 Å². The number of carboxylic acids is 1. The van der Waals surface area contributed by atoms with Crippen molar-refractivity contribution in [3.8, 4) is 0 Å². The lowest BCUT2D eigenvalue weighted by Crippen LogP contribution is -2.47. The molecule has 0 aromatic rings. The van der Waals surface area contributed by atoms with Crippen LogP contribution in [-0.2, 0) is 14.4 Å². The molecule has 0 spiro atoms. The van der Waals surface area contributed by atoms with E-state index >= 15 is 0 Å². The molecular weight excluding hydrogens is 272 g/mol. The number of likely N-dealkylation sites (tertiary alicyclic amines) is 1. The summed E-state index contributed by atoms with van der Waals surface area (Å²) in [6, 6.07) is -0.143. The number of carbonyl (C=O) groups excluding carboxylic acids is 2. The van der Waals surface area contributed by atoms with Gasteiger partial charge < -0.3 is 15.3 Å². The van der Waals surface area contributed by atoms with Crippen molar-refractivity contribution in [2.45, 2.75) is 51.5 Å². The van der Waals surface area contributed by atoms with E-state index in [4.69, 9.17) is 0 Å². The molecule has 1 aliphatic heterocycles. The lowest BCUT2D eigenvalue weighted by molar-refractivity contribution is -0.149. The van der Waals surface area contributed by atoms with Crippen LogP contribution in [0.5, 0.6) is 0 Å². The highest BCUT2D eigenvalue weighted by Gasteiger charge is 2.36. The molecule has 3 atom stereocenters. The van der Waals surface area contributed by atoms with E-state index in [-0.39, 0.29) is 17.9 Å². The molecule has 1 saturated carbocycles. The number of nitrogens with one attached hydrogen (secondary N) is 1. The van der Waals surface area contributed by atoms with Crippen LogP contribution >= 0.6 is 0 Å². The van der Waals surface area contributed by atoms with Gasteiger partial charge in [-0.2, -0.15) is 0 Å². The van der Waals surface area contributed by atoms with E-state index in [1.807, 2.05) is 6.92 Å². The molecule has 2 rings (SSSR count). The van der Waals surface area contributed by atoms with Crippen molar-refractivity contribution in [2.75, 3.05) is 13.1 Å². The first-order valence-electron chi connectivity index (χ1n) is 7.80. The molecule has 2 amide bonds. The molecule has 1 saturated heterocycles. The van der Waals surface area contributed by atoms with E-state index < -0.39 is 17.8 Å². The highest BCUT2D eigenvalue weighted by molar-refractivity contribution is 5.85. The summed E-state index contributed by atoms with van der Waals surface area (Å²) in [7, 11) is 0. The maximum absolute atomic E-state index is 12.3. The van der Waals surface area contributed by atoms with Crippen LogP contribution in [-0.4, -0.2) is 46.9 Å². The fourth-order valence-electron chi connectivity index (χ4n) is 3.36. The van der Waals surface area contributed by atoms with Gasteiger partial charge in [-0.15, -0.1) is 0 Å². The Labute approximate surface area is 124 Å². The van der Waals surface area contributed by atoms with Crippen LogP contribution in [0.1, 0.15) is 45.4 Å². The van der Waals surface area contributed by atoms with Crippen molar-refractivity contribution in [1.29, 1.82) is 0 Å². The van der Waals surface area contributed by atoms with E-state index in [0.29, 0.717) is 25.8 Å². The van der Waals surface area contributed by atoms with Crippen LogP contribution < -0.4 is 5.32 Å². The minimum atomic E-state index is -0.878. The molecule has 6 nitrogen and oxygen atoms in total. The molecule has 2 fully saturated rings. The maximum Gasteiger partial charge on any atom is 0.307 e. The first-order valence-corrected chi connectivity index (χ1v) is 7.80. The van der Waals surface area contributed by atoms with Crippen molar-refractivity contribution in [1.82, 2.24) is 10.2 Å². The largest absolute Gasteiger partial charge is 0.481 e. The predicted octanol–water partition coefficient (Wildman–Crippen LogP) is 1.00. The smallest absolute Gasteiger partial charge is 0.307 e. The van der Waals surface area contributed by atoms with Gasteiger partial charge >= 0.3 is 5.97 Å². The quantitative estimate of drug-likeness (QED) is 0.792. The van der Waals surface area contributed by atoms with E-state index in [9.17, 15) is 19.5 Å². The van der Waals surface area contributed by atoms with Gasteiger partial charge in [0.15, 0.2) is 0 Å². The normalized spacial score (nSPS) is 27.5. The zero-order valence-corrected chi connectivity index (χ0v) is 12.5. The Morgan fingerprint density at radius 1 is 1.29 bits per heavy atom. The first kappa shape index (κ1) is 15.8. The molecule has 1 aliphatic carbocycles. The third kappa shape index (κ3) is 3.95. The Kier molecular flexibility index (Phi) is 5.20. The minimum Gasteiger partial charge on any atom is -0.481 e. The zero-order chi connectivity index (χ0) is 15.4. The fourth-order valence-corrected chi connectivity index (χ4v) is 3.36. The number of carboxylic acid groups (broad SMARTS) is 1. The minimum absolute atomic E-state index is 0.136. The van der Waals surface area contributed by atoms with Gasteiger partial charge in [-0.25, -0.2) is 0 Å². The SMILES string of the molecule is CC(CN1CCCC1=O)NC(=O)C1CCCCC1C(=O)O. The highest BCUT2D eigenvalue weighted by Crippen LogP contribution is 2.30. The van der Waals surface area contributed by atoms with Crippen molar-refractivity contribution < 1.29 is 19.5 Å². The fraction of sp³-hybridized carbons (Fsp3) is 0.800. The predicted molar refractivity (Wildman–Crippen MR) is 76.5 cm³/mol. The van der Waals surface area contributed by atoms with E-state index in [1.165, 1.54) is 0 Å². The summed E-state index contributed by atoms with van der Waals surface area (Å²) in [6.45, 7) is 3.12. The van der Waals surface area contributed by atoms with Crippen molar-refractivity contribution in [3.05, 3.63) is 0 Å². The summed E-state index contributed by atoms with van der Waals surface area (Å²) in [4.78, 5) is 36.9. The molecule has 6 heteroatoms.